The summed E-state index contributed by atoms with van der Waals surface area (Å²) in [5.74, 6) is 1.81. The van der Waals surface area contributed by atoms with Crippen molar-refractivity contribution in [3.8, 4) is 5.75 Å². The Balaban J connectivity index is 1.54. The first-order valence-electron chi connectivity index (χ1n) is 8.01. The molecule has 0 saturated carbocycles. The summed E-state index contributed by atoms with van der Waals surface area (Å²) in [5, 5.41) is 10.1. The lowest BCUT2D eigenvalue weighted by Crippen LogP contribution is -2.03. The van der Waals surface area contributed by atoms with E-state index in [1.807, 2.05) is 12.1 Å². The van der Waals surface area contributed by atoms with E-state index in [0.717, 1.165) is 24.2 Å². The van der Waals surface area contributed by atoms with Crippen LogP contribution in [0.2, 0.25) is 0 Å². The van der Waals surface area contributed by atoms with Crippen LogP contribution in [0.25, 0.3) is 16.3 Å². The molecule has 0 amide bonds. The molecule has 0 fully saturated rings. The number of nitrogens with zero attached hydrogens (tertiary/aromatic N) is 2. The van der Waals surface area contributed by atoms with Gasteiger partial charge in [-0.05, 0) is 46.5 Å². The van der Waals surface area contributed by atoms with E-state index in [2.05, 4.69) is 40.5 Å². The summed E-state index contributed by atoms with van der Waals surface area (Å²) < 4.78 is 16.4. The quantitative estimate of drug-likeness (QED) is 0.729. The normalized spacial score (nSPS) is 14.6. The van der Waals surface area contributed by atoms with Crippen LogP contribution < -0.4 is 4.74 Å². The Morgan fingerprint density at radius 2 is 1.96 bits per heavy atom. The number of ether oxygens (including phenoxy) is 2. The number of benzene rings is 2. The van der Waals surface area contributed by atoms with Gasteiger partial charge in [-0.1, -0.05) is 24.3 Å². The van der Waals surface area contributed by atoms with Crippen LogP contribution in [-0.2, 0) is 11.3 Å². The van der Waals surface area contributed by atoms with E-state index < -0.39 is 0 Å². The molecule has 1 aliphatic rings. The van der Waals surface area contributed by atoms with Crippen LogP contribution in [0.5, 0.6) is 5.75 Å². The summed E-state index contributed by atoms with van der Waals surface area (Å²) >= 11 is 0. The molecule has 4 rings (SSSR count). The molecule has 5 nitrogen and oxygen atoms in total. The number of hydrogen-bond acceptors (Lipinski definition) is 5. The van der Waals surface area contributed by atoms with Gasteiger partial charge < -0.3 is 13.9 Å². The van der Waals surface area contributed by atoms with E-state index in [4.69, 9.17) is 13.9 Å². The predicted octanol–water partition coefficient (Wildman–Crippen LogP) is 3.91. The summed E-state index contributed by atoms with van der Waals surface area (Å²) in [4.78, 5) is 0. The first-order chi connectivity index (χ1) is 11.8. The third-order valence-electron chi connectivity index (χ3n) is 4.08. The van der Waals surface area contributed by atoms with Crippen LogP contribution in [0, 0.1) is 6.92 Å². The molecule has 0 aliphatic carbocycles. The Bertz CT molecular complexity index is 899. The highest BCUT2D eigenvalue weighted by molar-refractivity contribution is 5.87. The minimum Gasteiger partial charge on any atom is -0.484 e. The standard InChI is InChI=1S/C19H18N2O3/c1-13-20-21-19(24-13)12-23-18-5-4-16-10-15(2-3-17(16)11-18)14-6-8-22-9-7-14/h2-6,10-11H,7-9,12H2,1H3. The first kappa shape index (κ1) is 14.9. The second-order valence-electron chi connectivity index (χ2n) is 5.78. The van der Waals surface area contributed by atoms with Gasteiger partial charge in [-0.3, -0.25) is 0 Å². The molecule has 5 heteroatoms. The molecule has 0 saturated heterocycles. The van der Waals surface area contributed by atoms with Gasteiger partial charge in [0, 0.05) is 6.92 Å². The van der Waals surface area contributed by atoms with E-state index in [-0.39, 0.29) is 6.61 Å². The molecular formula is C19H18N2O3. The summed E-state index contributed by atoms with van der Waals surface area (Å²) in [7, 11) is 0. The molecule has 24 heavy (non-hydrogen) atoms. The lowest BCUT2D eigenvalue weighted by atomic mass is 9.98. The van der Waals surface area contributed by atoms with Gasteiger partial charge in [0.1, 0.15) is 5.75 Å². The lowest BCUT2D eigenvalue weighted by Gasteiger charge is -2.14. The fourth-order valence-electron chi connectivity index (χ4n) is 2.84. The summed E-state index contributed by atoms with van der Waals surface area (Å²) in [6.45, 7) is 3.54. The van der Waals surface area contributed by atoms with Crippen LogP contribution in [0.3, 0.4) is 0 Å². The second kappa shape index (κ2) is 6.45. The van der Waals surface area contributed by atoms with Gasteiger partial charge in [-0.15, -0.1) is 10.2 Å². The minimum absolute atomic E-state index is 0.275. The SMILES string of the molecule is Cc1nnc(COc2ccc3cc(C4=CCOCC4)ccc3c2)o1. The van der Waals surface area contributed by atoms with Gasteiger partial charge in [-0.2, -0.15) is 0 Å². The molecule has 2 aromatic carbocycles. The minimum atomic E-state index is 0.275. The van der Waals surface area contributed by atoms with Crippen molar-refractivity contribution in [1.82, 2.24) is 10.2 Å². The summed E-state index contributed by atoms with van der Waals surface area (Å²) in [5.41, 5.74) is 2.62. The van der Waals surface area contributed by atoms with Gasteiger partial charge >= 0.3 is 0 Å². The maximum Gasteiger partial charge on any atom is 0.253 e. The second-order valence-corrected chi connectivity index (χ2v) is 5.78. The largest absolute Gasteiger partial charge is 0.484 e. The zero-order chi connectivity index (χ0) is 16.4. The van der Waals surface area contributed by atoms with Crippen LogP contribution in [0.1, 0.15) is 23.8 Å². The molecule has 1 aliphatic heterocycles. The smallest absolute Gasteiger partial charge is 0.253 e. The molecule has 0 bridgehead atoms. The van der Waals surface area contributed by atoms with Gasteiger partial charge in [0.2, 0.25) is 5.89 Å². The average molecular weight is 322 g/mol. The van der Waals surface area contributed by atoms with Crippen LogP contribution >= 0.6 is 0 Å². The molecule has 0 unspecified atom stereocenters. The molecule has 2 heterocycles. The highest BCUT2D eigenvalue weighted by atomic mass is 16.5. The van der Waals surface area contributed by atoms with Gasteiger partial charge in [0.15, 0.2) is 6.61 Å². The highest BCUT2D eigenvalue weighted by Crippen LogP contribution is 2.27. The maximum atomic E-state index is 5.74. The number of rotatable bonds is 4. The number of aryl methyl sites for hydroxylation is 1. The van der Waals surface area contributed by atoms with Crippen molar-refractivity contribution >= 4 is 16.3 Å². The first-order valence-corrected chi connectivity index (χ1v) is 8.01. The molecule has 3 aromatic rings. The monoisotopic (exact) mass is 322 g/mol. The highest BCUT2D eigenvalue weighted by Gasteiger charge is 2.08. The van der Waals surface area contributed by atoms with E-state index in [0.29, 0.717) is 18.4 Å². The zero-order valence-corrected chi connectivity index (χ0v) is 13.5. The molecule has 0 atom stereocenters. The van der Waals surface area contributed by atoms with Crippen LogP contribution in [0.4, 0.5) is 0 Å². The van der Waals surface area contributed by atoms with Crippen LogP contribution in [-0.4, -0.2) is 23.4 Å². The van der Waals surface area contributed by atoms with Gasteiger partial charge in [0.05, 0.1) is 13.2 Å². The van der Waals surface area contributed by atoms with E-state index in [1.54, 1.807) is 6.92 Å². The Morgan fingerprint density at radius 3 is 2.75 bits per heavy atom. The molecule has 122 valence electrons. The van der Waals surface area contributed by atoms with E-state index in [9.17, 15) is 0 Å². The van der Waals surface area contributed by atoms with Gasteiger partial charge in [0.25, 0.3) is 5.89 Å². The molecule has 1 aromatic heterocycles. The van der Waals surface area contributed by atoms with E-state index >= 15 is 0 Å². The predicted molar refractivity (Wildman–Crippen MR) is 90.7 cm³/mol. The zero-order valence-electron chi connectivity index (χ0n) is 13.5. The Morgan fingerprint density at radius 1 is 1.08 bits per heavy atom. The van der Waals surface area contributed by atoms with Gasteiger partial charge in [-0.25, -0.2) is 0 Å². The van der Waals surface area contributed by atoms with Crippen molar-refractivity contribution in [2.45, 2.75) is 20.0 Å². The Labute approximate surface area is 139 Å². The molecule has 0 radical (unpaired) electrons. The Hall–Kier alpha value is -2.66. The van der Waals surface area contributed by atoms with Crippen LogP contribution in [0.15, 0.2) is 46.9 Å². The number of hydrogen-bond donors (Lipinski definition) is 0. The summed E-state index contributed by atoms with van der Waals surface area (Å²) in [6, 6.07) is 12.6. The average Bonchev–Trinajstić information content (AvgIpc) is 3.05. The number of fused-ring (bicyclic) bond motifs is 1. The van der Waals surface area contributed by atoms with Crippen molar-refractivity contribution in [2.75, 3.05) is 13.2 Å². The molecule has 0 N–H and O–H groups in total. The van der Waals surface area contributed by atoms with E-state index in [1.165, 1.54) is 16.5 Å². The van der Waals surface area contributed by atoms with Crippen molar-refractivity contribution in [3.05, 3.63) is 59.8 Å². The topological polar surface area (TPSA) is 57.4 Å². The fourth-order valence-corrected chi connectivity index (χ4v) is 2.84. The van der Waals surface area contributed by atoms with Crippen molar-refractivity contribution in [1.29, 1.82) is 0 Å². The van der Waals surface area contributed by atoms with Crippen molar-refractivity contribution in [3.63, 3.8) is 0 Å². The maximum absolute atomic E-state index is 5.74. The van der Waals surface area contributed by atoms with Crippen molar-refractivity contribution < 1.29 is 13.9 Å². The Kier molecular flexibility index (Phi) is 4.01. The number of aromatic nitrogens is 2. The third kappa shape index (κ3) is 3.16. The lowest BCUT2D eigenvalue weighted by molar-refractivity contribution is 0.161. The molecular weight excluding hydrogens is 304 g/mol. The van der Waals surface area contributed by atoms with Crippen molar-refractivity contribution in [2.24, 2.45) is 0 Å². The molecule has 0 spiro atoms. The fraction of sp³-hybridized carbons (Fsp3) is 0.263. The summed E-state index contributed by atoms with van der Waals surface area (Å²) in [6.07, 6.45) is 3.13. The third-order valence-corrected chi connectivity index (χ3v) is 4.08.